The molecule has 0 bridgehead atoms. The zero-order valence-electron chi connectivity index (χ0n) is 12.4. The van der Waals surface area contributed by atoms with E-state index in [-0.39, 0.29) is 16.7 Å². The summed E-state index contributed by atoms with van der Waals surface area (Å²) in [6, 6.07) is 7.81. The van der Waals surface area contributed by atoms with Crippen molar-refractivity contribution >= 4 is 26.7 Å². The molecule has 1 aromatic carbocycles. The Kier molecular flexibility index (Phi) is 5.09. The van der Waals surface area contributed by atoms with Crippen LogP contribution in [-0.4, -0.2) is 15.5 Å². The maximum atomic E-state index is 12.9. The fourth-order valence-corrected chi connectivity index (χ4v) is 5.38. The summed E-state index contributed by atoms with van der Waals surface area (Å²) in [5, 5.41) is 0.0617. The van der Waals surface area contributed by atoms with Crippen LogP contribution in [0.1, 0.15) is 40.0 Å². The van der Waals surface area contributed by atoms with Crippen molar-refractivity contribution in [1.82, 2.24) is 0 Å². The highest BCUT2D eigenvalue weighted by Gasteiger charge is 2.37. The van der Waals surface area contributed by atoms with Gasteiger partial charge in [0.2, 0.25) is 0 Å². The third-order valence-corrected chi connectivity index (χ3v) is 7.23. The van der Waals surface area contributed by atoms with Crippen LogP contribution < -0.4 is 5.73 Å². The summed E-state index contributed by atoms with van der Waals surface area (Å²) < 4.78 is 13.8. The fourth-order valence-electron chi connectivity index (χ4n) is 2.96. The summed E-state index contributed by atoms with van der Waals surface area (Å²) in [6.45, 7) is 6.81. The van der Waals surface area contributed by atoms with E-state index in [1.54, 1.807) is 0 Å². The number of hydrogen-bond donors (Lipinski definition) is 1. The van der Waals surface area contributed by atoms with E-state index in [0.29, 0.717) is 5.92 Å². The van der Waals surface area contributed by atoms with Gasteiger partial charge >= 0.3 is 0 Å². The van der Waals surface area contributed by atoms with Crippen LogP contribution in [0.2, 0.25) is 0 Å². The molecule has 2 nitrogen and oxygen atoms in total. The standard InChI is InChI=1S/C16H24BrNOS/c1-16(2,3)11-8-9-13(18)15(10-11)20(19)14-7-5-4-6-12(14)17/h4-7,11,13,15H,8-10,18H2,1-3H3. The third kappa shape index (κ3) is 3.52. The zero-order chi connectivity index (χ0) is 14.9. The molecule has 1 fully saturated rings. The molecule has 1 saturated carbocycles. The van der Waals surface area contributed by atoms with Gasteiger partial charge in [-0.05, 0) is 58.7 Å². The second kappa shape index (κ2) is 6.29. The van der Waals surface area contributed by atoms with Gasteiger partial charge in [-0.15, -0.1) is 0 Å². The largest absolute Gasteiger partial charge is 0.327 e. The van der Waals surface area contributed by atoms with E-state index in [1.807, 2.05) is 24.3 Å². The van der Waals surface area contributed by atoms with Crippen molar-refractivity contribution < 1.29 is 4.21 Å². The summed E-state index contributed by atoms with van der Waals surface area (Å²) >= 11 is 3.50. The normalized spacial score (nSPS) is 29.1. The summed E-state index contributed by atoms with van der Waals surface area (Å²) in [6.07, 6.45) is 3.08. The minimum Gasteiger partial charge on any atom is -0.327 e. The van der Waals surface area contributed by atoms with E-state index < -0.39 is 10.8 Å². The molecule has 4 heteroatoms. The first-order valence-corrected chi connectivity index (χ1v) is 9.22. The van der Waals surface area contributed by atoms with Crippen molar-refractivity contribution in [3.63, 3.8) is 0 Å². The van der Waals surface area contributed by atoms with Gasteiger partial charge < -0.3 is 5.73 Å². The van der Waals surface area contributed by atoms with Gasteiger partial charge in [0.05, 0.1) is 20.9 Å². The Bertz CT molecular complexity index is 497. The molecule has 1 aliphatic carbocycles. The zero-order valence-corrected chi connectivity index (χ0v) is 14.8. The average Bonchev–Trinajstić information content (AvgIpc) is 2.37. The summed E-state index contributed by atoms with van der Waals surface area (Å²) in [5.41, 5.74) is 6.52. The smallest absolute Gasteiger partial charge is 0.0588 e. The average molecular weight is 358 g/mol. The highest BCUT2D eigenvalue weighted by molar-refractivity contribution is 9.10. The van der Waals surface area contributed by atoms with E-state index in [1.165, 1.54) is 0 Å². The molecule has 0 amide bonds. The molecular weight excluding hydrogens is 334 g/mol. The quantitative estimate of drug-likeness (QED) is 0.865. The molecule has 2 rings (SSSR count). The second-order valence-electron chi connectivity index (χ2n) is 6.81. The van der Waals surface area contributed by atoms with E-state index in [2.05, 4.69) is 36.7 Å². The molecule has 1 aromatic rings. The van der Waals surface area contributed by atoms with Crippen LogP contribution in [-0.2, 0) is 10.8 Å². The van der Waals surface area contributed by atoms with Crippen LogP contribution in [0.3, 0.4) is 0 Å². The van der Waals surface area contributed by atoms with Crippen molar-refractivity contribution in [2.45, 2.75) is 56.2 Å². The van der Waals surface area contributed by atoms with Crippen LogP contribution in [0.4, 0.5) is 0 Å². The number of hydrogen-bond acceptors (Lipinski definition) is 2. The predicted octanol–water partition coefficient (Wildman–Crippen LogP) is 4.10. The third-order valence-electron chi connectivity index (χ3n) is 4.40. The molecule has 0 spiro atoms. The van der Waals surface area contributed by atoms with Crippen LogP contribution in [0.25, 0.3) is 0 Å². The summed E-state index contributed by atoms with van der Waals surface area (Å²) in [5.74, 6) is 0.596. The van der Waals surface area contributed by atoms with Gasteiger partial charge in [-0.1, -0.05) is 32.9 Å². The topological polar surface area (TPSA) is 43.1 Å². The Balaban J connectivity index is 2.22. The summed E-state index contributed by atoms with van der Waals surface area (Å²) in [7, 11) is -1.04. The number of nitrogens with two attached hydrogens (primary N) is 1. The van der Waals surface area contributed by atoms with Gasteiger partial charge in [0, 0.05) is 10.5 Å². The molecule has 0 radical (unpaired) electrons. The van der Waals surface area contributed by atoms with Gasteiger partial charge in [0.1, 0.15) is 0 Å². The van der Waals surface area contributed by atoms with Crippen LogP contribution in [0, 0.1) is 11.3 Å². The molecule has 0 saturated heterocycles. The molecule has 20 heavy (non-hydrogen) atoms. The van der Waals surface area contributed by atoms with Crippen LogP contribution >= 0.6 is 15.9 Å². The first-order chi connectivity index (χ1) is 9.30. The molecule has 0 heterocycles. The van der Waals surface area contributed by atoms with Crippen LogP contribution in [0.5, 0.6) is 0 Å². The molecule has 0 aliphatic heterocycles. The Morgan fingerprint density at radius 3 is 2.50 bits per heavy atom. The van der Waals surface area contributed by atoms with Crippen molar-refractivity contribution in [2.24, 2.45) is 17.1 Å². The fraction of sp³-hybridized carbons (Fsp3) is 0.625. The van der Waals surface area contributed by atoms with E-state index >= 15 is 0 Å². The molecule has 112 valence electrons. The highest BCUT2D eigenvalue weighted by atomic mass is 79.9. The van der Waals surface area contributed by atoms with E-state index in [0.717, 1.165) is 28.6 Å². The maximum Gasteiger partial charge on any atom is 0.0588 e. The summed E-state index contributed by atoms with van der Waals surface area (Å²) in [4.78, 5) is 0.877. The lowest BCUT2D eigenvalue weighted by atomic mass is 9.71. The van der Waals surface area contributed by atoms with Gasteiger partial charge in [-0.25, -0.2) is 0 Å². The van der Waals surface area contributed by atoms with E-state index in [4.69, 9.17) is 5.73 Å². The van der Waals surface area contributed by atoms with Crippen molar-refractivity contribution in [1.29, 1.82) is 0 Å². The highest BCUT2D eigenvalue weighted by Crippen LogP contribution is 2.40. The molecular formula is C16H24BrNOS. The second-order valence-corrected chi connectivity index (χ2v) is 9.30. The van der Waals surface area contributed by atoms with Gasteiger partial charge in [-0.3, -0.25) is 4.21 Å². The van der Waals surface area contributed by atoms with Crippen molar-refractivity contribution in [3.05, 3.63) is 28.7 Å². The Labute approximate surface area is 133 Å². The van der Waals surface area contributed by atoms with Gasteiger partial charge in [0.25, 0.3) is 0 Å². The predicted molar refractivity (Wildman–Crippen MR) is 89.1 cm³/mol. The van der Waals surface area contributed by atoms with E-state index in [9.17, 15) is 4.21 Å². The van der Waals surface area contributed by atoms with Gasteiger partial charge in [-0.2, -0.15) is 0 Å². The Morgan fingerprint density at radius 1 is 1.25 bits per heavy atom. The molecule has 4 atom stereocenters. The van der Waals surface area contributed by atoms with Crippen molar-refractivity contribution in [2.75, 3.05) is 0 Å². The lowest BCUT2D eigenvalue weighted by Crippen LogP contribution is -2.45. The monoisotopic (exact) mass is 357 g/mol. The van der Waals surface area contributed by atoms with Crippen LogP contribution in [0.15, 0.2) is 33.6 Å². The molecule has 4 unspecified atom stereocenters. The molecule has 0 aromatic heterocycles. The lowest BCUT2D eigenvalue weighted by Gasteiger charge is -2.40. The van der Waals surface area contributed by atoms with Crippen molar-refractivity contribution in [3.8, 4) is 0 Å². The number of rotatable bonds is 2. The minimum atomic E-state index is -1.04. The number of benzene rings is 1. The Hall–Kier alpha value is -0.190. The maximum absolute atomic E-state index is 12.9. The first kappa shape index (κ1) is 16.2. The van der Waals surface area contributed by atoms with Gasteiger partial charge in [0.15, 0.2) is 0 Å². The molecule has 2 N–H and O–H groups in total. The molecule has 1 aliphatic rings. The first-order valence-electron chi connectivity index (χ1n) is 7.21. The SMILES string of the molecule is CC(C)(C)C1CCC(N)C(S(=O)c2ccccc2Br)C1. The number of halogens is 1. The Morgan fingerprint density at radius 2 is 1.90 bits per heavy atom. The minimum absolute atomic E-state index is 0.0431. The lowest BCUT2D eigenvalue weighted by molar-refractivity contribution is 0.173.